The molecule has 0 aliphatic rings. The second-order valence-corrected chi connectivity index (χ2v) is 6.03. The number of nitrogens with zero attached hydrogens (tertiary/aromatic N) is 2. The predicted molar refractivity (Wildman–Crippen MR) is 95.3 cm³/mol. The molecule has 1 aromatic carbocycles. The molecule has 140 valence electrons. The van der Waals surface area contributed by atoms with E-state index < -0.39 is 11.9 Å². The molecule has 1 N–H and O–H groups in total. The second kappa shape index (κ2) is 8.05. The van der Waals surface area contributed by atoms with E-state index in [0.29, 0.717) is 5.76 Å². The lowest BCUT2D eigenvalue weighted by Crippen LogP contribution is -2.15. The number of furan rings is 1. The molecule has 0 aliphatic carbocycles. The number of ketones is 1. The van der Waals surface area contributed by atoms with Crippen LogP contribution in [0.1, 0.15) is 28.8 Å². The van der Waals surface area contributed by atoms with Gasteiger partial charge < -0.3 is 9.15 Å². The third kappa shape index (κ3) is 4.73. The Bertz CT molecular complexity index is 962. The number of hydrogen-bond donors (Lipinski definition) is 1. The summed E-state index contributed by atoms with van der Waals surface area (Å²) in [6, 6.07) is 9.03. The van der Waals surface area contributed by atoms with Gasteiger partial charge in [-0.1, -0.05) is 17.7 Å². The van der Waals surface area contributed by atoms with Crippen molar-refractivity contribution in [3.63, 3.8) is 0 Å². The maximum absolute atomic E-state index is 13.6. The highest BCUT2D eigenvalue weighted by Crippen LogP contribution is 2.20. The predicted octanol–water partition coefficient (Wildman–Crippen LogP) is 4.27. The summed E-state index contributed by atoms with van der Waals surface area (Å²) in [5, 5.41) is 6.76. The van der Waals surface area contributed by atoms with Gasteiger partial charge in [0.2, 0.25) is 0 Å². The van der Waals surface area contributed by atoms with Crippen molar-refractivity contribution in [3.8, 4) is 0 Å². The summed E-state index contributed by atoms with van der Waals surface area (Å²) in [7, 11) is 0. The maximum atomic E-state index is 13.6. The zero-order valence-corrected chi connectivity index (χ0v) is 15.0. The molecule has 27 heavy (non-hydrogen) atoms. The van der Waals surface area contributed by atoms with Crippen molar-refractivity contribution in [1.29, 1.82) is 0 Å². The minimum atomic E-state index is -0.795. The van der Waals surface area contributed by atoms with E-state index in [4.69, 9.17) is 20.8 Å². The normalized spacial score (nSPS) is 10.6. The van der Waals surface area contributed by atoms with E-state index in [1.807, 2.05) is 0 Å². The summed E-state index contributed by atoms with van der Waals surface area (Å²) in [6.45, 7) is 1.39. The standard InChI is InChI=1S/C18H15ClFN3O4/c1-11(24)16-6-5-12(27-16)9-23-8-7-17(22-23)21-18(25)26-10-13-14(19)3-2-4-15(13)20/h2-8H,9-10H2,1H3,(H,21,22,25). The number of halogens is 2. The fourth-order valence-corrected chi connectivity index (χ4v) is 2.49. The number of benzene rings is 1. The molecule has 7 nitrogen and oxygen atoms in total. The van der Waals surface area contributed by atoms with Gasteiger partial charge in [0, 0.05) is 24.8 Å². The van der Waals surface area contributed by atoms with Crippen LogP contribution in [0.4, 0.5) is 15.0 Å². The molecule has 0 saturated heterocycles. The second-order valence-electron chi connectivity index (χ2n) is 5.62. The van der Waals surface area contributed by atoms with Gasteiger partial charge in [-0.15, -0.1) is 0 Å². The Labute approximate surface area is 158 Å². The summed E-state index contributed by atoms with van der Waals surface area (Å²) in [6.07, 6.45) is 0.829. The first-order chi connectivity index (χ1) is 12.9. The average Bonchev–Trinajstić information content (AvgIpc) is 3.24. The number of Topliss-reactive ketones (excluding diaryl/α,β-unsaturated/α-hetero) is 1. The van der Waals surface area contributed by atoms with Gasteiger partial charge in [-0.3, -0.25) is 14.8 Å². The highest BCUT2D eigenvalue weighted by Gasteiger charge is 2.12. The fourth-order valence-electron chi connectivity index (χ4n) is 2.28. The van der Waals surface area contributed by atoms with E-state index in [2.05, 4.69) is 10.4 Å². The molecule has 0 fully saturated rings. The largest absolute Gasteiger partial charge is 0.456 e. The van der Waals surface area contributed by atoms with E-state index >= 15 is 0 Å². The Kier molecular flexibility index (Phi) is 5.56. The van der Waals surface area contributed by atoms with Crippen LogP contribution in [0.3, 0.4) is 0 Å². The smallest absolute Gasteiger partial charge is 0.413 e. The molecule has 1 amide bonds. The van der Waals surface area contributed by atoms with E-state index in [1.54, 1.807) is 24.4 Å². The minimum absolute atomic E-state index is 0.0962. The highest BCUT2D eigenvalue weighted by atomic mass is 35.5. The SMILES string of the molecule is CC(=O)c1ccc(Cn2ccc(NC(=O)OCc3c(F)cccc3Cl)n2)o1. The Morgan fingerprint density at radius 1 is 1.30 bits per heavy atom. The monoisotopic (exact) mass is 391 g/mol. The van der Waals surface area contributed by atoms with Crippen molar-refractivity contribution in [1.82, 2.24) is 9.78 Å². The van der Waals surface area contributed by atoms with Crippen molar-refractivity contribution >= 4 is 29.3 Å². The van der Waals surface area contributed by atoms with E-state index in [0.717, 1.165) is 0 Å². The van der Waals surface area contributed by atoms with Gasteiger partial charge in [-0.05, 0) is 24.3 Å². The summed E-state index contributed by atoms with van der Waals surface area (Å²) < 4.78 is 25.5. The molecule has 0 unspecified atom stereocenters. The fraction of sp³-hybridized carbons (Fsp3) is 0.167. The van der Waals surface area contributed by atoms with E-state index in [1.165, 1.54) is 29.8 Å². The van der Waals surface area contributed by atoms with Crippen molar-refractivity contribution in [2.24, 2.45) is 0 Å². The number of carbonyl (C=O) groups is 2. The molecular weight excluding hydrogens is 377 g/mol. The number of carbonyl (C=O) groups excluding carboxylic acids is 2. The molecule has 2 aromatic heterocycles. The average molecular weight is 392 g/mol. The first kappa shape index (κ1) is 18.7. The summed E-state index contributed by atoms with van der Waals surface area (Å²) in [5.74, 6) is 0.347. The van der Waals surface area contributed by atoms with Crippen LogP contribution < -0.4 is 5.32 Å². The molecule has 3 rings (SSSR count). The Balaban J connectivity index is 1.55. The number of ether oxygens (including phenoxy) is 1. The summed E-state index contributed by atoms with van der Waals surface area (Å²) >= 11 is 5.88. The van der Waals surface area contributed by atoms with Crippen LogP contribution in [0.25, 0.3) is 0 Å². The molecule has 9 heteroatoms. The molecule has 0 atom stereocenters. The van der Waals surface area contributed by atoms with Crippen molar-refractivity contribution in [2.45, 2.75) is 20.1 Å². The molecule has 0 aliphatic heterocycles. The van der Waals surface area contributed by atoms with Crippen LogP contribution in [0.5, 0.6) is 0 Å². The van der Waals surface area contributed by atoms with Crippen LogP contribution in [-0.4, -0.2) is 21.7 Å². The first-order valence-corrected chi connectivity index (χ1v) is 8.30. The van der Waals surface area contributed by atoms with Crippen LogP contribution in [0.15, 0.2) is 47.0 Å². The number of rotatable bonds is 6. The van der Waals surface area contributed by atoms with Crippen molar-refractivity contribution in [3.05, 3.63) is 70.5 Å². The van der Waals surface area contributed by atoms with E-state index in [-0.39, 0.29) is 41.1 Å². The van der Waals surface area contributed by atoms with Gasteiger partial charge in [0.1, 0.15) is 18.2 Å². The lowest BCUT2D eigenvalue weighted by Gasteiger charge is -2.07. The van der Waals surface area contributed by atoms with Crippen molar-refractivity contribution < 1.29 is 23.1 Å². The zero-order valence-electron chi connectivity index (χ0n) is 14.2. The van der Waals surface area contributed by atoms with Gasteiger partial charge in [-0.2, -0.15) is 5.10 Å². The zero-order chi connectivity index (χ0) is 19.4. The maximum Gasteiger partial charge on any atom is 0.413 e. The Morgan fingerprint density at radius 3 is 2.81 bits per heavy atom. The van der Waals surface area contributed by atoms with Crippen molar-refractivity contribution in [2.75, 3.05) is 5.32 Å². The van der Waals surface area contributed by atoms with Crippen LogP contribution in [-0.2, 0) is 17.9 Å². The highest BCUT2D eigenvalue weighted by molar-refractivity contribution is 6.31. The lowest BCUT2D eigenvalue weighted by molar-refractivity contribution is 0.0985. The van der Waals surface area contributed by atoms with Gasteiger partial charge >= 0.3 is 6.09 Å². The number of aromatic nitrogens is 2. The number of amides is 1. The van der Waals surface area contributed by atoms with Gasteiger partial charge in [0.15, 0.2) is 17.4 Å². The summed E-state index contributed by atoms with van der Waals surface area (Å²) in [4.78, 5) is 23.1. The quantitative estimate of drug-likeness (QED) is 0.634. The molecule has 3 aromatic rings. The molecule has 0 spiro atoms. The number of nitrogens with one attached hydrogen (secondary N) is 1. The first-order valence-electron chi connectivity index (χ1n) is 7.92. The molecule has 2 heterocycles. The van der Waals surface area contributed by atoms with Gasteiger partial charge in [0.25, 0.3) is 0 Å². The van der Waals surface area contributed by atoms with Gasteiger partial charge in [0.05, 0.1) is 11.6 Å². The molecular formula is C18H15ClFN3O4. The number of anilines is 1. The number of hydrogen-bond acceptors (Lipinski definition) is 5. The third-order valence-electron chi connectivity index (χ3n) is 3.61. The van der Waals surface area contributed by atoms with Crippen LogP contribution in [0, 0.1) is 5.82 Å². The summed E-state index contributed by atoms with van der Waals surface area (Å²) in [5.41, 5.74) is 0.0962. The third-order valence-corrected chi connectivity index (χ3v) is 3.96. The Hall–Kier alpha value is -3.13. The van der Waals surface area contributed by atoms with Gasteiger partial charge in [-0.25, -0.2) is 9.18 Å². The van der Waals surface area contributed by atoms with Crippen LogP contribution >= 0.6 is 11.6 Å². The lowest BCUT2D eigenvalue weighted by atomic mass is 10.2. The molecule has 0 bridgehead atoms. The minimum Gasteiger partial charge on any atom is -0.456 e. The molecule has 0 saturated carbocycles. The Morgan fingerprint density at radius 2 is 2.11 bits per heavy atom. The van der Waals surface area contributed by atoms with E-state index in [9.17, 15) is 14.0 Å². The molecule has 0 radical (unpaired) electrons. The topological polar surface area (TPSA) is 86.4 Å². The van der Waals surface area contributed by atoms with Crippen LogP contribution in [0.2, 0.25) is 5.02 Å².